The number of hydrogen-bond acceptors (Lipinski definition) is 2. The topological polar surface area (TPSA) is 29.3 Å². The summed E-state index contributed by atoms with van der Waals surface area (Å²) < 4.78 is 0. The zero-order chi connectivity index (χ0) is 16.6. The molecule has 0 bridgehead atoms. The minimum Gasteiger partial charge on any atom is -0.326 e. The van der Waals surface area contributed by atoms with Crippen molar-refractivity contribution in [2.24, 2.45) is 5.73 Å². The molecule has 0 radical (unpaired) electrons. The van der Waals surface area contributed by atoms with Crippen LogP contribution in [0.2, 0.25) is 0 Å². The van der Waals surface area contributed by atoms with Gasteiger partial charge >= 0.3 is 0 Å². The van der Waals surface area contributed by atoms with E-state index in [0.29, 0.717) is 6.54 Å². The lowest BCUT2D eigenvalue weighted by atomic mass is 10.1. The van der Waals surface area contributed by atoms with Gasteiger partial charge in [0.25, 0.3) is 0 Å². The van der Waals surface area contributed by atoms with Crippen LogP contribution in [-0.4, -0.2) is 4.90 Å². The van der Waals surface area contributed by atoms with E-state index < -0.39 is 0 Å². The van der Waals surface area contributed by atoms with E-state index in [2.05, 4.69) is 89.8 Å². The number of nitrogens with zero attached hydrogens (tertiary/aromatic N) is 1. The average molecular weight is 316 g/mol. The van der Waals surface area contributed by atoms with Gasteiger partial charge in [-0.3, -0.25) is 4.90 Å². The molecule has 0 aliphatic carbocycles. The van der Waals surface area contributed by atoms with Crippen molar-refractivity contribution in [1.29, 1.82) is 0 Å². The Morgan fingerprint density at radius 1 is 0.542 bits per heavy atom. The fourth-order valence-electron chi connectivity index (χ4n) is 2.96. The van der Waals surface area contributed by atoms with Crippen LogP contribution in [0.25, 0.3) is 0 Å². The third-order valence-electron chi connectivity index (χ3n) is 4.13. The van der Waals surface area contributed by atoms with Gasteiger partial charge in [0.2, 0.25) is 0 Å². The number of benzene rings is 3. The Hall–Kier alpha value is -2.42. The van der Waals surface area contributed by atoms with E-state index in [-0.39, 0.29) is 0 Å². The average Bonchev–Trinajstić information content (AvgIpc) is 2.63. The van der Waals surface area contributed by atoms with Crippen LogP contribution in [0.3, 0.4) is 0 Å². The van der Waals surface area contributed by atoms with Crippen molar-refractivity contribution in [2.45, 2.75) is 26.2 Å². The van der Waals surface area contributed by atoms with E-state index in [1.54, 1.807) is 0 Å². The minimum atomic E-state index is 0.589. The summed E-state index contributed by atoms with van der Waals surface area (Å²) in [6.07, 6.45) is 0. The smallest absolute Gasteiger partial charge is 0.0240 e. The van der Waals surface area contributed by atoms with Crippen molar-refractivity contribution >= 4 is 0 Å². The van der Waals surface area contributed by atoms with Crippen LogP contribution >= 0.6 is 0 Å². The molecule has 2 nitrogen and oxygen atoms in total. The van der Waals surface area contributed by atoms with Crippen molar-refractivity contribution in [1.82, 2.24) is 4.90 Å². The maximum atomic E-state index is 5.78. The molecule has 2 heteroatoms. The Balaban J connectivity index is 1.78. The van der Waals surface area contributed by atoms with Crippen LogP contribution in [0.5, 0.6) is 0 Å². The van der Waals surface area contributed by atoms with Crippen molar-refractivity contribution in [3.8, 4) is 0 Å². The van der Waals surface area contributed by atoms with Gasteiger partial charge in [-0.25, -0.2) is 0 Å². The van der Waals surface area contributed by atoms with Crippen molar-refractivity contribution in [3.05, 3.63) is 107 Å². The number of nitrogens with two attached hydrogens (primary N) is 1. The minimum absolute atomic E-state index is 0.589. The van der Waals surface area contributed by atoms with Gasteiger partial charge in [-0.05, 0) is 22.3 Å². The van der Waals surface area contributed by atoms with E-state index in [0.717, 1.165) is 19.6 Å². The molecule has 122 valence electrons. The molecule has 0 unspecified atom stereocenters. The van der Waals surface area contributed by atoms with Crippen molar-refractivity contribution in [3.63, 3.8) is 0 Å². The Morgan fingerprint density at radius 2 is 1.00 bits per heavy atom. The second kappa shape index (κ2) is 8.44. The molecule has 0 atom stereocenters. The maximum absolute atomic E-state index is 5.78. The first-order chi connectivity index (χ1) is 11.8. The molecule has 0 aliphatic heterocycles. The number of hydrogen-bond donors (Lipinski definition) is 1. The van der Waals surface area contributed by atoms with Crippen LogP contribution in [0.4, 0.5) is 0 Å². The second-order valence-corrected chi connectivity index (χ2v) is 6.14. The predicted molar refractivity (Wildman–Crippen MR) is 100 cm³/mol. The summed E-state index contributed by atoms with van der Waals surface area (Å²) in [6.45, 7) is 3.37. The molecule has 0 heterocycles. The largest absolute Gasteiger partial charge is 0.326 e. The lowest BCUT2D eigenvalue weighted by Crippen LogP contribution is -2.22. The van der Waals surface area contributed by atoms with Crippen LogP contribution in [0, 0.1) is 0 Å². The van der Waals surface area contributed by atoms with Gasteiger partial charge in [0.1, 0.15) is 0 Å². The summed E-state index contributed by atoms with van der Waals surface area (Å²) in [7, 11) is 0. The van der Waals surface area contributed by atoms with E-state index in [4.69, 9.17) is 5.73 Å². The normalized spacial score (nSPS) is 10.9. The molecule has 0 amide bonds. The fourth-order valence-corrected chi connectivity index (χ4v) is 2.96. The summed E-state index contributed by atoms with van der Waals surface area (Å²) >= 11 is 0. The molecule has 2 N–H and O–H groups in total. The number of rotatable bonds is 7. The Bertz CT molecular complexity index is 697. The summed E-state index contributed by atoms with van der Waals surface area (Å²) in [4.78, 5) is 2.47. The Kier molecular flexibility index (Phi) is 5.78. The van der Waals surface area contributed by atoms with Gasteiger partial charge in [0, 0.05) is 26.2 Å². The van der Waals surface area contributed by atoms with Crippen LogP contribution in [0.1, 0.15) is 22.3 Å². The highest BCUT2D eigenvalue weighted by atomic mass is 15.1. The zero-order valence-electron chi connectivity index (χ0n) is 13.9. The second-order valence-electron chi connectivity index (χ2n) is 6.14. The van der Waals surface area contributed by atoms with Gasteiger partial charge in [-0.15, -0.1) is 0 Å². The van der Waals surface area contributed by atoms with Gasteiger partial charge < -0.3 is 5.73 Å². The maximum Gasteiger partial charge on any atom is 0.0240 e. The van der Waals surface area contributed by atoms with Gasteiger partial charge in [-0.1, -0.05) is 84.9 Å². The van der Waals surface area contributed by atoms with E-state index in [9.17, 15) is 0 Å². The molecular formula is C22H24N2. The quantitative estimate of drug-likeness (QED) is 0.702. The molecule has 0 fully saturated rings. The Labute approximate surface area is 144 Å². The standard InChI is InChI=1S/C22H24N2/c23-15-21-12-7-13-22(14-21)18-24(16-19-8-3-1-4-9-19)17-20-10-5-2-6-11-20/h1-14H,15-18,23H2. The third kappa shape index (κ3) is 4.79. The summed E-state index contributed by atoms with van der Waals surface area (Å²) in [5.41, 5.74) is 11.0. The molecule has 0 spiro atoms. The van der Waals surface area contributed by atoms with Crippen LogP contribution in [-0.2, 0) is 26.2 Å². The first-order valence-corrected chi connectivity index (χ1v) is 8.41. The first-order valence-electron chi connectivity index (χ1n) is 8.41. The van der Waals surface area contributed by atoms with E-state index in [1.165, 1.54) is 22.3 Å². The molecule has 3 rings (SSSR count). The highest BCUT2D eigenvalue weighted by Gasteiger charge is 2.08. The third-order valence-corrected chi connectivity index (χ3v) is 4.13. The molecular weight excluding hydrogens is 292 g/mol. The Morgan fingerprint density at radius 3 is 1.54 bits per heavy atom. The monoisotopic (exact) mass is 316 g/mol. The van der Waals surface area contributed by atoms with E-state index >= 15 is 0 Å². The molecule has 0 saturated heterocycles. The summed E-state index contributed by atoms with van der Waals surface area (Å²) in [6, 6.07) is 29.9. The summed E-state index contributed by atoms with van der Waals surface area (Å²) in [5.74, 6) is 0. The highest BCUT2D eigenvalue weighted by Crippen LogP contribution is 2.15. The molecule has 3 aromatic rings. The molecule has 0 aromatic heterocycles. The van der Waals surface area contributed by atoms with Crippen molar-refractivity contribution < 1.29 is 0 Å². The van der Waals surface area contributed by atoms with E-state index in [1.807, 2.05) is 0 Å². The lowest BCUT2D eigenvalue weighted by molar-refractivity contribution is 0.247. The van der Waals surface area contributed by atoms with Crippen LogP contribution < -0.4 is 5.73 Å². The SMILES string of the molecule is NCc1cccc(CN(Cc2ccccc2)Cc2ccccc2)c1. The molecule has 0 aliphatic rings. The zero-order valence-corrected chi connectivity index (χ0v) is 13.9. The fraction of sp³-hybridized carbons (Fsp3) is 0.182. The van der Waals surface area contributed by atoms with Crippen LogP contribution in [0.15, 0.2) is 84.9 Å². The van der Waals surface area contributed by atoms with Crippen molar-refractivity contribution in [2.75, 3.05) is 0 Å². The molecule has 24 heavy (non-hydrogen) atoms. The molecule has 3 aromatic carbocycles. The predicted octanol–water partition coefficient (Wildman–Crippen LogP) is 4.35. The van der Waals surface area contributed by atoms with Gasteiger partial charge in [-0.2, -0.15) is 0 Å². The highest BCUT2D eigenvalue weighted by molar-refractivity contribution is 5.24. The first kappa shape index (κ1) is 16.4. The van der Waals surface area contributed by atoms with Gasteiger partial charge in [0.05, 0.1) is 0 Å². The molecule has 0 saturated carbocycles. The lowest BCUT2D eigenvalue weighted by Gasteiger charge is -2.23. The van der Waals surface area contributed by atoms with Gasteiger partial charge in [0.15, 0.2) is 0 Å². The summed E-state index contributed by atoms with van der Waals surface area (Å²) in [5, 5.41) is 0.